The lowest BCUT2D eigenvalue weighted by atomic mass is 9.95. The fourth-order valence-corrected chi connectivity index (χ4v) is 5.13. The van der Waals surface area contributed by atoms with Crippen molar-refractivity contribution in [3.05, 3.63) is 18.2 Å². The first-order valence-corrected chi connectivity index (χ1v) is 11.8. The maximum atomic E-state index is 12.5. The van der Waals surface area contributed by atoms with Gasteiger partial charge in [0, 0.05) is 23.6 Å². The molecule has 0 aromatic carbocycles. The molecule has 1 saturated heterocycles. The second kappa shape index (κ2) is 9.05. The van der Waals surface area contributed by atoms with Gasteiger partial charge in [0.25, 0.3) is 0 Å². The molecule has 28 heavy (non-hydrogen) atoms. The number of carbonyl (C=O) groups excluding carboxylic acids is 1. The van der Waals surface area contributed by atoms with Crippen molar-refractivity contribution >= 4 is 34.1 Å². The zero-order chi connectivity index (χ0) is 20.3. The number of aromatic nitrogens is 1. The summed E-state index contributed by atoms with van der Waals surface area (Å²) in [4.78, 5) is 19.3. The molecule has 0 radical (unpaired) electrons. The van der Waals surface area contributed by atoms with Crippen molar-refractivity contribution in [2.75, 3.05) is 24.2 Å². The van der Waals surface area contributed by atoms with Crippen LogP contribution in [0.3, 0.4) is 0 Å². The van der Waals surface area contributed by atoms with Crippen LogP contribution in [0.1, 0.15) is 47.5 Å². The van der Waals surface area contributed by atoms with Gasteiger partial charge in [0.2, 0.25) is 5.91 Å². The Morgan fingerprint density at radius 3 is 2.75 bits per heavy atom. The van der Waals surface area contributed by atoms with Crippen LogP contribution in [-0.2, 0) is 9.53 Å². The lowest BCUT2D eigenvalue weighted by Crippen LogP contribution is -2.41. The Morgan fingerprint density at radius 2 is 2.14 bits per heavy atom. The highest BCUT2D eigenvalue weighted by Crippen LogP contribution is 2.33. The number of nitrogens with one attached hydrogen (secondary N) is 2. The number of hydrogen-bond acceptors (Lipinski definition) is 7. The number of thiazole rings is 1. The quantitative estimate of drug-likeness (QED) is 0.670. The third kappa shape index (κ3) is 5.64. The minimum atomic E-state index is -0.0227. The molecule has 8 heteroatoms. The van der Waals surface area contributed by atoms with Crippen LogP contribution in [0.4, 0.5) is 5.13 Å². The van der Waals surface area contributed by atoms with Crippen LogP contribution in [-0.4, -0.2) is 46.9 Å². The highest BCUT2D eigenvalue weighted by molar-refractivity contribution is 8.01. The summed E-state index contributed by atoms with van der Waals surface area (Å²) in [6.45, 7) is 12.8. The van der Waals surface area contributed by atoms with E-state index in [1.54, 1.807) is 11.8 Å². The Labute approximate surface area is 176 Å². The van der Waals surface area contributed by atoms with E-state index in [0.717, 1.165) is 41.7 Å². The minimum absolute atomic E-state index is 0.0136. The third-order valence-electron chi connectivity index (χ3n) is 5.13. The lowest BCUT2D eigenvalue weighted by Gasteiger charge is -2.33. The molecule has 6 nitrogen and oxygen atoms in total. The molecule has 0 bridgehead atoms. The first-order valence-electron chi connectivity index (χ1n) is 9.99. The van der Waals surface area contributed by atoms with Crippen LogP contribution in [0.25, 0.3) is 0 Å². The molecule has 0 saturated carbocycles. The number of allylic oxidation sites excluding steroid dienone is 1. The van der Waals surface area contributed by atoms with Crippen molar-refractivity contribution in [3.8, 4) is 0 Å². The molecular formula is C20H32N4O2S2. The zero-order valence-corrected chi connectivity index (χ0v) is 19.1. The summed E-state index contributed by atoms with van der Waals surface area (Å²) in [6, 6.07) is 0.551. The molecule has 3 rings (SSSR count). The summed E-state index contributed by atoms with van der Waals surface area (Å²) >= 11 is 3.22. The van der Waals surface area contributed by atoms with E-state index in [4.69, 9.17) is 4.74 Å². The van der Waals surface area contributed by atoms with Gasteiger partial charge in [-0.1, -0.05) is 32.1 Å². The molecule has 2 aliphatic rings. The fourth-order valence-electron chi connectivity index (χ4n) is 3.29. The summed E-state index contributed by atoms with van der Waals surface area (Å²) in [7, 11) is 0. The topological polar surface area (TPSA) is 66.5 Å². The van der Waals surface area contributed by atoms with Crippen molar-refractivity contribution in [1.82, 2.24) is 15.2 Å². The molecule has 1 unspecified atom stereocenters. The van der Waals surface area contributed by atoms with E-state index in [1.165, 1.54) is 11.3 Å². The van der Waals surface area contributed by atoms with Crippen molar-refractivity contribution < 1.29 is 9.53 Å². The Morgan fingerprint density at radius 1 is 1.43 bits per heavy atom. The number of piperidine rings is 1. The monoisotopic (exact) mass is 424 g/mol. The molecule has 0 aliphatic carbocycles. The van der Waals surface area contributed by atoms with Gasteiger partial charge in [-0.2, -0.15) is 0 Å². The maximum Gasteiger partial charge on any atom is 0.229 e. The Hall–Kier alpha value is -1.25. The van der Waals surface area contributed by atoms with E-state index in [9.17, 15) is 4.79 Å². The lowest BCUT2D eigenvalue weighted by molar-refractivity contribution is -0.121. The number of carbonyl (C=O) groups is 1. The second-order valence-electron chi connectivity index (χ2n) is 8.72. The van der Waals surface area contributed by atoms with Crippen molar-refractivity contribution in [2.24, 2.45) is 11.3 Å². The van der Waals surface area contributed by atoms with E-state index >= 15 is 0 Å². The van der Waals surface area contributed by atoms with Crippen molar-refractivity contribution in [3.63, 3.8) is 0 Å². The molecule has 1 aromatic heterocycles. The molecule has 1 amide bonds. The summed E-state index contributed by atoms with van der Waals surface area (Å²) in [5.41, 5.74) is 0.0136. The molecule has 2 N–H and O–H groups in total. The fraction of sp³-hybridized carbons (Fsp3) is 0.700. The first kappa shape index (κ1) is 21.5. The molecule has 0 spiro atoms. The predicted octanol–water partition coefficient (Wildman–Crippen LogP) is 4.13. The second-order valence-corrected chi connectivity index (χ2v) is 11.1. The standard InChI is InChI=1S/C20H32N4O2S2/c1-13(2)24-8-6-14(7-9-24)18(25)23-19-22-11-17(28-19)27-12-16-21-10-15(26-16)20(3,4)5/h10-11,13-14,16,21H,6-9,12H2,1-5H3,(H,22,23,25). The normalized spacial score (nSPS) is 21.4. The molecule has 1 fully saturated rings. The van der Waals surface area contributed by atoms with Crippen LogP contribution in [0.15, 0.2) is 22.4 Å². The molecule has 1 aromatic rings. The van der Waals surface area contributed by atoms with E-state index < -0.39 is 0 Å². The smallest absolute Gasteiger partial charge is 0.229 e. The molecule has 2 aliphatic heterocycles. The summed E-state index contributed by atoms with van der Waals surface area (Å²) in [5, 5.41) is 6.98. The van der Waals surface area contributed by atoms with Gasteiger partial charge in [-0.25, -0.2) is 4.98 Å². The number of anilines is 1. The van der Waals surface area contributed by atoms with Crippen LogP contribution in [0.2, 0.25) is 0 Å². The average Bonchev–Trinajstić information content (AvgIpc) is 3.29. The van der Waals surface area contributed by atoms with Gasteiger partial charge in [0.15, 0.2) is 11.4 Å². The summed E-state index contributed by atoms with van der Waals surface area (Å²) < 4.78 is 7.05. The number of hydrogen-bond donors (Lipinski definition) is 2. The number of nitrogens with zero attached hydrogens (tertiary/aromatic N) is 2. The van der Waals surface area contributed by atoms with Crippen LogP contribution < -0.4 is 10.6 Å². The summed E-state index contributed by atoms with van der Waals surface area (Å²) in [6.07, 6.45) is 5.62. The van der Waals surface area contributed by atoms with E-state index in [1.807, 2.05) is 12.4 Å². The van der Waals surface area contributed by atoms with Crippen molar-refractivity contribution in [2.45, 2.75) is 63.9 Å². The Kier molecular flexibility index (Phi) is 6.94. The van der Waals surface area contributed by atoms with Gasteiger partial charge >= 0.3 is 0 Å². The van der Waals surface area contributed by atoms with Crippen LogP contribution in [0.5, 0.6) is 0 Å². The number of rotatable bonds is 6. The first-order chi connectivity index (χ1) is 13.2. The van der Waals surface area contributed by atoms with Gasteiger partial charge in [0.05, 0.1) is 16.2 Å². The highest BCUT2D eigenvalue weighted by atomic mass is 32.2. The van der Waals surface area contributed by atoms with Crippen LogP contribution >= 0.6 is 23.1 Å². The van der Waals surface area contributed by atoms with Gasteiger partial charge in [-0.3, -0.25) is 4.79 Å². The maximum absolute atomic E-state index is 12.5. The van der Waals surface area contributed by atoms with Gasteiger partial charge in [0.1, 0.15) is 5.76 Å². The number of amides is 1. The molecule has 156 valence electrons. The SMILES string of the molecule is CC(C)N1CCC(C(=O)Nc2ncc(SCC3NC=C(C(C)(C)C)O3)s2)CC1. The number of thioether (sulfide) groups is 1. The molecular weight excluding hydrogens is 392 g/mol. The third-order valence-corrected chi connectivity index (χ3v) is 7.30. The average molecular weight is 425 g/mol. The van der Waals surface area contributed by atoms with Crippen molar-refractivity contribution in [1.29, 1.82) is 0 Å². The van der Waals surface area contributed by atoms with Gasteiger partial charge in [-0.15, -0.1) is 11.8 Å². The minimum Gasteiger partial charge on any atom is -0.472 e. The highest BCUT2D eigenvalue weighted by Gasteiger charge is 2.28. The molecule has 1 atom stereocenters. The number of likely N-dealkylation sites (tertiary alicyclic amines) is 1. The Balaban J connectivity index is 1.42. The van der Waals surface area contributed by atoms with Crippen LogP contribution in [0, 0.1) is 11.3 Å². The van der Waals surface area contributed by atoms with E-state index in [0.29, 0.717) is 11.2 Å². The van der Waals surface area contributed by atoms with Gasteiger partial charge < -0.3 is 20.3 Å². The zero-order valence-electron chi connectivity index (χ0n) is 17.4. The Bertz CT molecular complexity index is 703. The number of ether oxygens (including phenoxy) is 1. The van der Waals surface area contributed by atoms with Gasteiger partial charge in [-0.05, 0) is 39.8 Å². The van der Waals surface area contributed by atoms with E-state index in [-0.39, 0.29) is 23.5 Å². The largest absolute Gasteiger partial charge is 0.472 e. The predicted molar refractivity (Wildman–Crippen MR) is 116 cm³/mol. The summed E-state index contributed by atoms with van der Waals surface area (Å²) in [5.74, 6) is 1.97. The van der Waals surface area contributed by atoms with E-state index in [2.05, 4.69) is 55.1 Å². The molecule has 3 heterocycles.